The molecule has 1 amide bonds. The number of rotatable bonds is 10. The highest BCUT2D eigenvalue weighted by atomic mass is 16.5. The quantitative estimate of drug-likeness (QED) is 0.256. The Balaban J connectivity index is 1.80. The van der Waals surface area contributed by atoms with Gasteiger partial charge in [0.2, 0.25) is 5.91 Å². The monoisotopic (exact) mass is 525 g/mol. The van der Waals surface area contributed by atoms with Crippen LogP contribution in [-0.4, -0.2) is 39.5 Å². The van der Waals surface area contributed by atoms with Gasteiger partial charge in [-0.2, -0.15) is 0 Å². The summed E-state index contributed by atoms with van der Waals surface area (Å²) in [6, 6.07) is 22.6. The van der Waals surface area contributed by atoms with Crippen LogP contribution in [0.15, 0.2) is 77.6 Å². The Morgan fingerprint density at radius 1 is 0.974 bits per heavy atom. The van der Waals surface area contributed by atoms with Crippen molar-refractivity contribution in [3.63, 3.8) is 0 Å². The number of aromatic nitrogens is 2. The molecule has 1 atom stereocenters. The van der Waals surface area contributed by atoms with Crippen molar-refractivity contribution in [3.05, 3.63) is 106 Å². The molecule has 0 N–H and O–H groups in total. The zero-order chi connectivity index (χ0) is 27.9. The number of carbonyl (C=O) groups excluding carboxylic acids is 2. The third kappa shape index (κ3) is 6.42. The summed E-state index contributed by atoms with van der Waals surface area (Å²) >= 11 is 0. The highest BCUT2D eigenvalue weighted by Crippen LogP contribution is 2.26. The maximum Gasteiger partial charge on any atom is 0.306 e. The van der Waals surface area contributed by atoms with Crippen molar-refractivity contribution in [1.29, 1.82) is 0 Å². The number of carbonyl (C=O) groups is 2. The molecule has 0 aliphatic carbocycles. The van der Waals surface area contributed by atoms with Gasteiger partial charge in [-0.3, -0.25) is 19.0 Å². The summed E-state index contributed by atoms with van der Waals surface area (Å²) in [5.74, 6) is -0.123. The predicted octanol–water partition coefficient (Wildman–Crippen LogP) is 5.48. The van der Waals surface area contributed by atoms with E-state index in [1.807, 2.05) is 87.5 Å². The van der Waals surface area contributed by atoms with E-state index in [0.717, 1.165) is 22.4 Å². The van der Waals surface area contributed by atoms with Gasteiger partial charge >= 0.3 is 5.97 Å². The first-order chi connectivity index (χ1) is 18.8. The first-order valence-corrected chi connectivity index (χ1v) is 13.4. The fourth-order valence-electron chi connectivity index (χ4n) is 4.87. The lowest BCUT2D eigenvalue weighted by Gasteiger charge is -2.31. The summed E-state index contributed by atoms with van der Waals surface area (Å²) in [7, 11) is 0. The Labute approximate surface area is 229 Å². The first-order valence-electron chi connectivity index (χ1n) is 13.4. The molecular formula is C32H35N3O4. The van der Waals surface area contributed by atoms with Crippen LogP contribution >= 0.6 is 0 Å². The third-order valence-electron chi connectivity index (χ3n) is 6.89. The Bertz CT molecular complexity index is 1530. The van der Waals surface area contributed by atoms with Gasteiger partial charge in [-0.15, -0.1) is 0 Å². The van der Waals surface area contributed by atoms with Gasteiger partial charge in [0.1, 0.15) is 5.82 Å². The van der Waals surface area contributed by atoms with Crippen LogP contribution in [-0.2, 0) is 20.7 Å². The Hall–Kier alpha value is -4.26. The number of amides is 1. The molecule has 0 aliphatic heterocycles. The number of benzene rings is 3. The normalized spacial score (nSPS) is 11.8. The van der Waals surface area contributed by atoms with E-state index in [4.69, 9.17) is 9.72 Å². The molecule has 3 aromatic carbocycles. The lowest BCUT2D eigenvalue weighted by molar-refractivity contribution is -0.146. The van der Waals surface area contributed by atoms with E-state index in [1.54, 1.807) is 22.5 Å². The van der Waals surface area contributed by atoms with Crippen LogP contribution in [0.2, 0.25) is 0 Å². The second kappa shape index (κ2) is 12.5. The minimum Gasteiger partial charge on any atom is -0.466 e. The highest BCUT2D eigenvalue weighted by molar-refractivity contribution is 5.82. The van der Waals surface area contributed by atoms with Crippen LogP contribution in [0.3, 0.4) is 0 Å². The van der Waals surface area contributed by atoms with Crippen LogP contribution in [0.1, 0.15) is 55.2 Å². The van der Waals surface area contributed by atoms with Crippen LogP contribution in [0.25, 0.3) is 16.6 Å². The molecule has 0 radical (unpaired) electrons. The number of aryl methyl sites for hydroxylation is 2. The fourth-order valence-corrected chi connectivity index (χ4v) is 4.87. The summed E-state index contributed by atoms with van der Waals surface area (Å²) < 4.78 is 6.68. The molecule has 0 saturated carbocycles. The second-order valence-electron chi connectivity index (χ2n) is 9.72. The Morgan fingerprint density at radius 2 is 1.69 bits per heavy atom. The maximum absolute atomic E-state index is 13.9. The fraction of sp³-hybridized carbons (Fsp3) is 0.312. The number of esters is 1. The predicted molar refractivity (Wildman–Crippen MR) is 153 cm³/mol. The maximum atomic E-state index is 13.9. The summed E-state index contributed by atoms with van der Waals surface area (Å²) in [6.45, 7) is 8.29. The SMILES string of the molecule is CCOC(=O)CCC(=O)N(CCc1ccccc1)C(C)c1nc2ccccc2c(=O)n1-c1ccc(C)cc1C. The van der Waals surface area contributed by atoms with E-state index in [9.17, 15) is 14.4 Å². The molecule has 1 heterocycles. The first kappa shape index (κ1) is 27.8. The molecule has 4 aromatic rings. The topological polar surface area (TPSA) is 81.5 Å². The molecular weight excluding hydrogens is 490 g/mol. The average molecular weight is 526 g/mol. The molecule has 1 unspecified atom stereocenters. The number of hydrogen-bond acceptors (Lipinski definition) is 5. The summed E-state index contributed by atoms with van der Waals surface area (Å²) in [6.07, 6.45) is 0.632. The van der Waals surface area contributed by atoms with Gasteiger partial charge < -0.3 is 9.64 Å². The van der Waals surface area contributed by atoms with Crippen molar-refractivity contribution in [3.8, 4) is 5.69 Å². The number of nitrogens with zero attached hydrogens (tertiary/aromatic N) is 3. The van der Waals surface area contributed by atoms with Crippen molar-refractivity contribution < 1.29 is 14.3 Å². The molecule has 0 fully saturated rings. The van der Waals surface area contributed by atoms with Crippen LogP contribution in [0, 0.1) is 13.8 Å². The van der Waals surface area contributed by atoms with E-state index >= 15 is 0 Å². The third-order valence-corrected chi connectivity index (χ3v) is 6.89. The van der Waals surface area contributed by atoms with E-state index in [0.29, 0.717) is 29.7 Å². The number of ether oxygens (including phenoxy) is 1. The second-order valence-corrected chi connectivity index (χ2v) is 9.72. The number of fused-ring (bicyclic) bond motifs is 1. The number of para-hydroxylation sites is 1. The lowest BCUT2D eigenvalue weighted by Crippen LogP contribution is -2.39. The minimum atomic E-state index is -0.540. The van der Waals surface area contributed by atoms with E-state index in [-0.39, 0.29) is 30.9 Å². The van der Waals surface area contributed by atoms with Gasteiger partial charge in [-0.25, -0.2) is 4.98 Å². The number of hydrogen-bond donors (Lipinski definition) is 0. The van der Waals surface area contributed by atoms with Gasteiger partial charge in [0, 0.05) is 13.0 Å². The zero-order valence-corrected chi connectivity index (χ0v) is 23.0. The van der Waals surface area contributed by atoms with E-state index in [1.165, 1.54) is 0 Å². The molecule has 0 saturated heterocycles. The largest absolute Gasteiger partial charge is 0.466 e. The molecule has 0 spiro atoms. The van der Waals surface area contributed by atoms with Crippen LogP contribution < -0.4 is 5.56 Å². The Morgan fingerprint density at radius 3 is 2.41 bits per heavy atom. The van der Waals surface area contributed by atoms with Crippen LogP contribution in [0.5, 0.6) is 0 Å². The highest BCUT2D eigenvalue weighted by Gasteiger charge is 2.27. The Kier molecular flexibility index (Phi) is 8.92. The molecule has 4 rings (SSSR count). The summed E-state index contributed by atoms with van der Waals surface area (Å²) in [5.41, 5.74) is 4.24. The van der Waals surface area contributed by atoms with Crippen molar-refractivity contribution >= 4 is 22.8 Å². The van der Waals surface area contributed by atoms with Gasteiger partial charge in [0.15, 0.2) is 0 Å². The molecule has 1 aromatic heterocycles. The lowest BCUT2D eigenvalue weighted by atomic mass is 10.1. The minimum absolute atomic E-state index is 0.00372. The summed E-state index contributed by atoms with van der Waals surface area (Å²) in [4.78, 5) is 46.2. The standard InChI is InChI=1S/C32H35N3O4/c1-5-39-30(37)18-17-29(36)34(20-19-25-11-7-6-8-12-25)24(4)31-33-27-14-10-9-13-26(27)32(38)35(31)28-16-15-22(2)21-23(28)3/h6-16,21,24H,5,17-20H2,1-4H3. The summed E-state index contributed by atoms with van der Waals surface area (Å²) in [5, 5.41) is 0.512. The van der Waals surface area contributed by atoms with Gasteiger partial charge in [0.05, 0.1) is 35.7 Å². The van der Waals surface area contributed by atoms with Crippen molar-refractivity contribution in [1.82, 2.24) is 14.5 Å². The van der Waals surface area contributed by atoms with Crippen molar-refractivity contribution in [2.75, 3.05) is 13.2 Å². The van der Waals surface area contributed by atoms with Gasteiger partial charge in [0.25, 0.3) is 5.56 Å². The zero-order valence-electron chi connectivity index (χ0n) is 23.0. The van der Waals surface area contributed by atoms with Gasteiger partial charge in [-0.05, 0) is 63.4 Å². The van der Waals surface area contributed by atoms with Gasteiger partial charge in [-0.1, -0.05) is 60.2 Å². The molecule has 7 nitrogen and oxygen atoms in total. The van der Waals surface area contributed by atoms with E-state index < -0.39 is 12.0 Å². The van der Waals surface area contributed by atoms with Crippen LogP contribution in [0.4, 0.5) is 0 Å². The van der Waals surface area contributed by atoms with Crippen molar-refractivity contribution in [2.45, 2.75) is 53.0 Å². The molecule has 39 heavy (non-hydrogen) atoms. The molecule has 0 bridgehead atoms. The molecule has 7 heteroatoms. The van der Waals surface area contributed by atoms with Crippen molar-refractivity contribution in [2.24, 2.45) is 0 Å². The smallest absolute Gasteiger partial charge is 0.306 e. The van der Waals surface area contributed by atoms with E-state index in [2.05, 4.69) is 0 Å². The molecule has 0 aliphatic rings. The molecule has 202 valence electrons. The average Bonchev–Trinajstić information content (AvgIpc) is 2.93.